The monoisotopic (exact) mass is 338 g/mol. The molecule has 0 aliphatic carbocycles. The van der Waals surface area contributed by atoms with Crippen LogP contribution in [0.15, 0.2) is 53.4 Å². The minimum Gasteiger partial charge on any atom is -0.506 e. The second-order valence-electron chi connectivity index (χ2n) is 5.99. The maximum atomic E-state index is 9.89. The van der Waals surface area contributed by atoms with E-state index in [1.165, 1.54) is 0 Å². The van der Waals surface area contributed by atoms with Crippen molar-refractivity contribution in [1.29, 1.82) is 5.26 Å². The second-order valence-corrected chi connectivity index (χ2v) is 6.39. The zero-order chi connectivity index (χ0) is 17.3. The van der Waals surface area contributed by atoms with Gasteiger partial charge in [0.2, 0.25) is 0 Å². The number of halogens is 1. The lowest BCUT2D eigenvalue weighted by Gasteiger charge is -2.16. The van der Waals surface area contributed by atoms with Crippen LogP contribution in [-0.2, 0) is 5.41 Å². The van der Waals surface area contributed by atoms with Gasteiger partial charge in [0.1, 0.15) is 16.9 Å². The van der Waals surface area contributed by atoms with Gasteiger partial charge >= 0.3 is 0 Å². The van der Waals surface area contributed by atoms with E-state index in [9.17, 15) is 10.4 Å². The molecule has 3 aromatic rings. The molecule has 0 radical (unpaired) electrons. The van der Waals surface area contributed by atoms with Crippen LogP contribution in [0.2, 0.25) is 5.02 Å². The third kappa shape index (κ3) is 2.75. The molecule has 0 atom stereocenters. The molecule has 3 rings (SSSR count). The molecule has 0 saturated heterocycles. The molecule has 120 valence electrons. The van der Waals surface area contributed by atoms with Gasteiger partial charge in [0.15, 0.2) is 0 Å². The summed E-state index contributed by atoms with van der Waals surface area (Å²) < 4.78 is 5.60. The summed E-state index contributed by atoms with van der Waals surface area (Å²) in [5, 5.41) is 19.6. The van der Waals surface area contributed by atoms with Crippen molar-refractivity contribution in [1.82, 2.24) is 4.98 Å². The molecule has 0 saturated carbocycles. The summed E-state index contributed by atoms with van der Waals surface area (Å²) in [7, 11) is 0. The molecule has 0 spiro atoms. The fourth-order valence-corrected chi connectivity index (χ4v) is 2.71. The number of phenolic OH excluding ortho intramolecular Hbond substituents is 1. The van der Waals surface area contributed by atoms with Gasteiger partial charge in [-0.05, 0) is 49.2 Å². The van der Waals surface area contributed by atoms with Crippen LogP contribution in [0.1, 0.15) is 19.6 Å². The molecule has 0 aliphatic rings. The number of nitrogens with zero attached hydrogens (tertiary/aromatic N) is 2. The molecule has 2 heterocycles. The Bertz CT molecular complexity index is 939. The Morgan fingerprint density at radius 2 is 1.96 bits per heavy atom. The molecule has 0 bridgehead atoms. The molecule has 1 N–H and O–H groups in total. The molecule has 0 aliphatic heterocycles. The highest BCUT2D eigenvalue weighted by Gasteiger charge is 2.28. The predicted molar refractivity (Wildman–Crippen MR) is 92.7 cm³/mol. The summed E-state index contributed by atoms with van der Waals surface area (Å²) in [6.45, 7) is 3.62. The number of pyridine rings is 1. The van der Waals surface area contributed by atoms with E-state index < -0.39 is 5.41 Å². The van der Waals surface area contributed by atoms with Crippen LogP contribution >= 0.6 is 11.6 Å². The number of nitriles is 1. The van der Waals surface area contributed by atoms with Crippen LogP contribution in [0.3, 0.4) is 0 Å². The van der Waals surface area contributed by atoms with Gasteiger partial charge in [0, 0.05) is 23.5 Å². The van der Waals surface area contributed by atoms with E-state index in [1.54, 1.807) is 30.8 Å². The number of rotatable bonds is 3. The summed E-state index contributed by atoms with van der Waals surface area (Å²) in [5.41, 5.74) is 2.54. The van der Waals surface area contributed by atoms with Crippen molar-refractivity contribution in [2.45, 2.75) is 19.3 Å². The number of aromatic hydroxyl groups is 1. The normalized spacial score (nSPS) is 11.2. The van der Waals surface area contributed by atoms with Crippen molar-refractivity contribution in [3.63, 3.8) is 0 Å². The first-order valence-electron chi connectivity index (χ1n) is 7.36. The molecule has 24 heavy (non-hydrogen) atoms. The number of hydrogen-bond donors (Lipinski definition) is 1. The van der Waals surface area contributed by atoms with Crippen LogP contribution in [0.5, 0.6) is 5.75 Å². The number of hydrogen-bond acceptors (Lipinski definition) is 4. The molecule has 0 fully saturated rings. The molecule has 0 unspecified atom stereocenters. The number of aromatic nitrogens is 1. The maximum absolute atomic E-state index is 9.89. The largest absolute Gasteiger partial charge is 0.506 e. The highest BCUT2D eigenvalue weighted by atomic mass is 35.5. The molecule has 5 heteroatoms. The highest BCUT2D eigenvalue weighted by Crippen LogP contribution is 2.39. The van der Waals surface area contributed by atoms with Crippen LogP contribution < -0.4 is 0 Å². The van der Waals surface area contributed by atoms with Crippen LogP contribution in [-0.4, -0.2) is 10.1 Å². The summed E-state index contributed by atoms with van der Waals surface area (Å²) in [4.78, 5) is 4.19. The van der Waals surface area contributed by atoms with Gasteiger partial charge in [0.05, 0.1) is 17.4 Å². The minimum absolute atomic E-state index is 0.00809. The molecule has 4 nitrogen and oxygen atoms in total. The Balaban J connectivity index is 2.21. The van der Waals surface area contributed by atoms with Gasteiger partial charge in [-0.15, -0.1) is 0 Å². The number of benzene rings is 1. The zero-order valence-corrected chi connectivity index (χ0v) is 14.0. The van der Waals surface area contributed by atoms with Crippen molar-refractivity contribution in [2.24, 2.45) is 0 Å². The zero-order valence-electron chi connectivity index (χ0n) is 13.2. The standard InChI is InChI=1S/C19H15ClN2O2/c1-19(2,11-21)18-14(6-8-24-18)13-5-7-22-10-15(13)12-3-4-16(20)17(23)9-12/h3-10,23H,1-2H3. The lowest BCUT2D eigenvalue weighted by Crippen LogP contribution is -2.13. The fraction of sp³-hybridized carbons (Fsp3) is 0.158. The predicted octanol–water partition coefficient (Wildman–Crippen LogP) is 5.17. The summed E-state index contributed by atoms with van der Waals surface area (Å²) in [5.74, 6) is 0.601. The first kappa shape index (κ1) is 16.1. The summed E-state index contributed by atoms with van der Waals surface area (Å²) in [6.07, 6.45) is 4.98. The van der Waals surface area contributed by atoms with Crippen LogP contribution in [0, 0.1) is 11.3 Å². The van der Waals surface area contributed by atoms with Crippen molar-refractivity contribution in [2.75, 3.05) is 0 Å². The van der Waals surface area contributed by atoms with E-state index in [0.717, 1.165) is 22.3 Å². The highest BCUT2D eigenvalue weighted by molar-refractivity contribution is 6.32. The topological polar surface area (TPSA) is 70.0 Å². The molecular weight excluding hydrogens is 324 g/mol. The lowest BCUT2D eigenvalue weighted by molar-refractivity contribution is 0.445. The molecule has 2 aromatic heterocycles. The Labute approximate surface area is 145 Å². The number of phenols is 1. The number of furan rings is 1. The third-order valence-electron chi connectivity index (χ3n) is 3.88. The Hall–Kier alpha value is -2.77. The van der Waals surface area contributed by atoms with Crippen LogP contribution in [0.4, 0.5) is 0 Å². The summed E-state index contributed by atoms with van der Waals surface area (Å²) in [6, 6.07) is 11.0. The van der Waals surface area contributed by atoms with E-state index in [1.807, 2.05) is 32.0 Å². The van der Waals surface area contributed by atoms with Crippen molar-refractivity contribution in [3.8, 4) is 34.1 Å². The second kappa shape index (κ2) is 6.03. The lowest BCUT2D eigenvalue weighted by atomic mass is 9.86. The third-order valence-corrected chi connectivity index (χ3v) is 4.20. The van der Waals surface area contributed by atoms with Gasteiger partial charge in [-0.2, -0.15) is 5.26 Å². The quantitative estimate of drug-likeness (QED) is 0.715. The Morgan fingerprint density at radius 3 is 2.67 bits per heavy atom. The van der Waals surface area contributed by atoms with E-state index >= 15 is 0 Å². The van der Waals surface area contributed by atoms with E-state index in [-0.39, 0.29) is 5.75 Å². The minimum atomic E-state index is -0.762. The first-order chi connectivity index (χ1) is 11.4. The van der Waals surface area contributed by atoms with E-state index in [4.69, 9.17) is 16.0 Å². The Morgan fingerprint density at radius 1 is 1.17 bits per heavy atom. The van der Waals surface area contributed by atoms with Crippen molar-refractivity contribution >= 4 is 11.6 Å². The van der Waals surface area contributed by atoms with Gasteiger partial charge in [-0.1, -0.05) is 17.7 Å². The van der Waals surface area contributed by atoms with E-state index in [2.05, 4.69) is 11.1 Å². The fourth-order valence-electron chi connectivity index (χ4n) is 2.60. The SMILES string of the molecule is CC(C)(C#N)c1occc1-c1ccncc1-c1ccc(Cl)c(O)c1. The van der Waals surface area contributed by atoms with Gasteiger partial charge in [-0.3, -0.25) is 4.98 Å². The maximum Gasteiger partial charge on any atom is 0.134 e. The van der Waals surface area contributed by atoms with Gasteiger partial charge in [-0.25, -0.2) is 0 Å². The average molecular weight is 339 g/mol. The first-order valence-corrected chi connectivity index (χ1v) is 7.74. The Kier molecular flexibility index (Phi) is 4.04. The van der Waals surface area contributed by atoms with E-state index in [0.29, 0.717) is 10.8 Å². The molecular formula is C19H15ClN2O2. The summed E-state index contributed by atoms with van der Waals surface area (Å²) >= 11 is 5.89. The van der Waals surface area contributed by atoms with Crippen molar-refractivity contribution < 1.29 is 9.52 Å². The van der Waals surface area contributed by atoms with Gasteiger partial charge in [0.25, 0.3) is 0 Å². The smallest absolute Gasteiger partial charge is 0.134 e. The average Bonchev–Trinajstić information content (AvgIpc) is 3.08. The van der Waals surface area contributed by atoms with Crippen LogP contribution in [0.25, 0.3) is 22.3 Å². The van der Waals surface area contributed by atoms with Crippen molar-refractivity contribution in [3.05, 3.63) is 59.8 Å². The molecule has 1 aromatic carbocycles. The molecule has 0 amide bonds. The van der Waals surface area contributed by atoms with Gasteiger partial charge < -0.3 is 9.52 Å².